The summed E-state index contributed by atoms with van der Waals surface area (Å²) in [6, 6.07) is 3.84. The maximum Gasteiger partial charge on any atom is 0.254 e. The zero-order chi connectivity index (χ0) is 13.1. The molecule has 1 aromatic carbocycles. The van der Waals surface area contributed by atoms with E-state index in [-0.39, 0.29) is 18.7 Å². The van der Waals surface area contributed by atoms with Crippen molar-refractivity contribution in [2.75, 3.05) is 18.9 Å². The van der Waals surface area contributed by atoms with Crippen molar-refractivity contribution in [2.24, 2.45) is 5.41 Å². The van der Waals surface area contributed by atoms with Gasteiger partial charge < -0.3 is 16.2 Å². The molecule has 0 aliphatic carbocycles. The fourth-order valence-electron chi connectivity index (χ4n) is 1.19. The van der Waals surface area contributed by atoms with Gasteiger partial charge in [0.15, 0.2) is 0 Å². The number of hydrogen-bond acceptors (Lipinski definition) is 3. The van der Waals surface area contributed by atoms with Crippen molar-refractivity contribution >= 4 is 11.6 Å². The fourth-order valence-corrected chi connectivity index (χ4v) is 1.19. The summed E-state index contributed by atoms with van der Waals surface area (Å²) in [6.07, 6.45) is 0. The van der Waals surface area contributed by atoms with Crippen LogP contribution >= 0.6 is 0 Å². The number of halogens is 1. The van der Waals surface area contributed by atoms with Crippen molar-refractivity contribution in [1.82, 2.24) is 5.32 Å². The summed E-state index contributed by atoms with van der Waals surface area (Å²) in [5.41, 5.74) is 5.30. The second-order valence-corrected chi connectivity index (χ2v) is 4.74. The number of aliphatic hydroxyl groups excluding tert-OH is 1. The summed E-state index contributed by atoms with van der Waals surface area (Å²) in [5, 5.41) is 11.6. The van der Waals surface area contributed by atoms with Gasteiger partial charge in [-0.05, 0) is 18.2 Å². The molecule has 4 nitrogen and oxygen atoms in total. The van der Waals surface area contributed by atoms with Crippen LogP contribution in [-0.4, -0.2) is 24.2 Å². The van der Waals surface area contributed by atoms with Gasteiger partial charge in [-0.15, -0.1) is 0 Å². The van der Waals surface area contributed by atoms with Crippen LogP contribution in [-0.2, 0) is 0 Å². The predicted molar refractivity (Wildman–Crippen MR) is 64.0 cm³/mol. The van der Waals surface area contributed by atoms with Gasteiger partial charge in [-0.3, -0.25) is 4.79 Å². The molecule has 0 saturated heterocycles. The van der Waals surface area contributed by atoms with Gasteiger partial charge in [0.1, 0.15) is 5.82 Å². The van der Waals surface area contributed by atoms with Gasteiger partial charge in [-0.2, -0.15) is 0 Å². The minimum Gasteiger partial charge on any atom is -0.399 e. The second-order valence-electron chi connectivity index (χ2n) is 4.74. The topological polar surface area (TPSA) is 75.3 Å². The Balaban J connectivity index is 2.74. The first-order valence-electron chi connectivity index (χ1n) is 5.30. The Morgan fingerprint density at radius 3 is 2.76 bits per heavy atom. The minimum absolute atomic E-state index is 0.0628. The van der Waals surface area contributed by atoms with Crippen molar-refractivity contribution in [3.63, 3.8) is 0 Å². The first-order valence-corrected chi connectivity index (χ1v) is 5.30. The summed E-state index contributed by atoms with van der Waals surface area (Å²) < 4.78 is 13.4. The number of aliphatic hydroxyl groups is 1. The van der Waals surface area contributed by atoms with E-state index in [1.807, 2.05) is 0 Å². The lowest BCUT2D eigenvalue weighted by Crippen LogP contribution is -2.36. The zero-order valence-electron chi connectivity index (χ0n) is 9.96. The molecule has 0 aliphatic heterocycles. The largest absolute Gasteiger partial charge is 0.399 e. The highest BCUT2D eigenvalue weighted by Crippen LogP contribution is 2.14. The predicted octanol–water partition coefficient (Wildman–Crippen LogP) is 1.16. The maximum absolute atomic E-state index is 13.4. The number of benzene rings is 1. The Labute approximate surface area is 99.6 Å². The van der Waals surface area contributed by atoms with Gasteiger partial charge in [0.05, 0.1) is 5.56 Å². The molecule has 0 aliphatic rings. The molecule has 0 fully saturated rings. The number of nitrogen functional groups attached to an aromatic ring is 1. The molecule has 0 aromatic heterocycles. The van der Waals surface area contributed by atoms with E-state index in [1.165, 1.54) is 12.1 Å². The van der Waals surface area contributed by atoms with Crippen LogP contribution in [0.5, 0.6) is 0 Å². The van der Waals surface area contributed by atoms with Crippen LogP contribution in [0.15, 0.2) is 18.2 Å². The third-order valence-electron chi connectivity index (χ3n) is 2.39. The molecular formula is C12H17FN2O2. The molecule has 1 rings (SSSR count). The summed E-state index contributed by atoms with van der Waals surface area (Å²) in [5.74, 6) is -1.14. The van der Waals surface area contributed by atoms with Gasteiger partial charge in [0.2, 0.25) is 0 Å². The molecule has 0 bridgehead atoms. The number of nitrogens with two attached hydrogens (primary N) is 1. The van der Waals surface area contributed by atoms with E-state index in [0.29, 0.717) is 5.69 Å². The number of nitrogens with one attached hydrogen (secondary N) is 1. The van der Waals surface area contributed by atoms with Crippen LogP contribution in [0.25, 0.3) is 0 Å². The standard InChI is InChI=1S/C12H17FN2O2/c1-12(2,7-16)6-15-11(17)9-5-8(14)3-4-10(9)13/h3-5,16H,6-7,14H2,1-2H3,(H,15,17). The second kappa shape index (κ2) is 5.14. The summed E-state index contributed by atoms with van der Waals surface area (Å²) >= 11 is 0. The molecular weight excluding hydrogens is 223 g/mol. The highest BCUT2D eigenvalue weighted by atomic mass is 19.1. The maximum atomic E-state index is 13.4. The van der Waals surface area contributed by atoms with Crippen LogP contribution in [0.3, 0.4) is 0 Å². The quantitative estimate of drug-likeness (QED) is 0.691. The van der Waals surface area contributed by atoms with Gasteiger partial charge in [-0.1, -0.05) is 13.8 Å². The van der Waals surface area contributed by atoms with E-state index in [4.69, 9.17) is 10.8 Å². The van der Waals surface area contributed by atoms with Crippen molar-refractivity contribution in [3.8, 4) is 0 Å². The average molecular weight is 240 g/mol. The monoisotopic (exact) mass is 240 g/mol. The zero-order valence-corrected chi connectivity index (χ0v) is 9.96. The third-order valence-corrected chi connectivity index (χ3v) is 2.39. The summed E-state index contributed by atoms with van der Waals surface area (Å²) in [7, 11) is 0. The van der Waals surface area contributed by atoms with E-state index in [2.05, 4.69) is 5.32 Å². The highest BCUT2D eigenvalue weighted by molar-refractivity contribution is 5.95. The highest BCUT2D eigenvalue weighted by Gasteiger charge is 2.19. The van der Waals surface area contributed by atoms with Crippen molar-refractivity contribution in [2.45, 2.75) is 13.8 Å². The first-order chi connectivity index (χ1) is 7.85. The number of carbonyl (C=O) groups excluding carboxylic acids is 1. The molecule has 1 aromatic rings. The molecule has 0 unspecified atom stereocenters. The van der Waals surface area contributed by atoms with Crippen molar-refractivity contribution < 1.29 is 14.3 Å². The Hall–Kier alpha value is -1.62. The summed E-state index contributed by atoms with van der Waals surface area (Å²) in [4.78, 5) is 11.7. The van der Waals surface area contributed by atoms with E-state index in [1.54, 1.807) is 13.8 Å². The average Bonchev–Trinajstić information content (AvgIpc) is 2.29. The van der Waals surface area contributed by atoms with Gasteiger partial charge in [0, 0.05) is 24.3 Å². The minimum atomic E-state index is -0.612. The van der Waals surface area contributed by atoms with Crippen molar-refractivity contribution in [1.29, 1.82) is 0 Å². The fraction of sp³-hybridized carbons (Fsp3) is 0.417. The van der Waals surface area contributed by atoms with Gasteiger partial charge in [0.25, 0.3) is 5.91 Å². The van der Waals surface area contributed by atoms with Gasteiger partial charge in [-0.25, -0.2) is 4.39 Å². The number of hydrogen-bond donors (Lipinski definition) is 3. The number of rotatable bonds is 4. The molecule has 0 spiro atoms. The van der Waals surface area contributed by atoms with E-state index < -0.39 is 17.1 Å². The Kier molecular flexibility index (Phi) is 4.07. The normalized spacial score (nSPS) is 11.3. The lowest BCUT2D eigenvalue weighted by molar-refractivity contribution is 0.0907. The molecule has 1 amide bonds. The SMILES string of the molecule is CC(C)(CO)CNC(=O)c1cc(N)ccc1F. The molecule has 5 heteroatoms. The first kappa shape index (κ1) is 13.4. The molecule has 0 radical (unpaired) electrons. The summed E-state index contributed by atoms with van der Waals surface area (Å²) in [6.45, 7) is 3.79. The third kappa shape index (κ3) is 3.71. The van der Waals surface area contributed by atoms with Crippen LogP contribution in [0.2, 0.25) is 0 Å². The Morgan fingerprint density at radius 1 is 1.53 bits per heavy atom. The van der Waals surface area contributed by atoms with E-state index in [0.717, 1.165) is 6.07 Å². The van der Waals surface area contributed by atoms with Crippen LogP contribution in [0, 0.1) is 11.2 Å². The van der Waals surface area contributed by atoms with Crippen LogP contribution in [0.1, 0.15) is 24.2 Å². The number of carbonyl (C=O) groups is 1. The number of anilines is 1. The van der Waals surface area contributed by atoms with Crippen LogP contribution < -0.4 is 11.1 Å². The molecule has 94 valence electrons. The molecule has 4 N–H and O–H groups in total. The molecule has 0 saturated carbocycles. The lowest BCUT2D eigenvalue weighted by Gasteiger charge is -2.21. The van der Waals surface area contributed by atoms with Gasteiger partial charge >= 0.3 is 0 Å². The lowest BCUT2D eigenvalue weighted by atomic mass is 9.95. The molecule has 0 heterocycles. The van der Waals surface area contributed by atoms with Crippen LogP contribution in [0.4, 0.5) is 10.1 Å². The van der Waals surface area contributed by atoms with E-state index in [9.17, 15) is 9.18 Å². The molecule has 0 atom stereocenters. The number of amides is 1. The molecule has 17 heavy (non-hydrogen) atoms. The Morgan fingerprint density at radius 2 is 2.18 bits per heavy atom. The Bertz CT molecular complexity index is 419. The smallest absolute Gasteiger partial charge is 0.254 e. The van der Waals surface area contributed by atoms with E-state index >= 15 is 0 Å². The van der Waals surface area contributed by atoms with Crippen molar-refractivity contribution in [3.05, 3.63) is 29.6 Å².